The van der Waals surface area contributed by atoms with E-state index in [1.54, 1.807) is 0 Å². The lowest BCUT2D eigenvalue weighted by Gasteiger charge is -2.11. The largest absolute Gasteiger partial charge is 0.354 e. The summed E-state index contributed by atoms with van der Waals surface area (Å²) >= 11 is 0. The topological polar surface area (TPSA) is 17.0 Å². The number of aromatic nitrogens is 1. The van der Waals surface area contributed by atoms with Crippen LogP contribution in [0.5, 0.6) is 0 Å². The van der Waals surface area contributed by atoms with Crippen LogP contribution in [0, 0.1) is 5.92 Å². The third-order valence-corrected chi connectivity index (χ3v) is 3.13. The summed E-state index contributed by atoms with van der Waals surface area (Å²) in [7, 11) is 2.03. The Labute approximate surface area is 100 Å². The van der Waals surface area contributed by atoms with E-state index in [4.69, 9.17) is 0 Å². The van der Waals surface area contributed by atoms with Gasteiger partial charge in [0, 0.05) is 25.0 Å². The molecule has 0 bridgehead atoms. The fourth-order valence-electron chi connectivity index (χ4n) is 2.09. The molecule has 16 heavy (non-hydrogen) atoms. The summed E-state index contributed by atoms with van der Waals surface area (Å²) in [6, 6.07) is 2.74. The van der Waals surface area contributed by atoms with E-state index in [9.17, 15) is 0 Å². The highest BCUT2D eigenvalue weighted by Crippen LogP contribution is 2.16. The van der Waals surface area contributed by atoms with Crippen LogP contribution in [0.15, 0.2) is 18.5 Å². The summed E-state index contributed by atoms with van der Waals surface area (Å²) in [4.78, 5) is 0. The zero-order chi connectivity index (χ0) is 12.0. The minimum Gasteiger partial charge on any atom is -0.354 e. The number of aryl methyl sites for hydroxylation is 1. The summed E-state index contributed by atoms with van der Waals surface area (Å²) in [5, 5.41) is 3.34. The molecule has 1 aromatic rings. The highest BCUT2D eigenvalue weighted by Gasteiger charge is 2.07. The van der Waals surface area contributed by atoms with Crippen molar-refractivity contribution in [2.75, 3.05) is 7.05 Å². The van der Waals surface area contributed by atoms with Gasteiger partial charge in [-0.25, -0.2) is 0 Å². The first-order valence-corrected chi connectivity index (χ1v) is 6.50. The van der Waals surface area contributed by atoms with Crippen LogP contribution in [0.2, 0.25) is 0 Å². The van der Waals surface area contributed by atoms with Crippen molar-refractivity contribution in [2.45, 2.75) is 52.6 Å². The van der Waals surface area contributed by atoms with Crippen molar-refractivity contribution in [3.8, 4) is 0 Å². The van der Waals surface area contributed by atoms with Crippen molar-refractivity contribution >= 4 is 0 Å². The van der Waals surface area contributed by atoms with Crippen molar-refractivity contribution in [1.82, 2.24) is 9.88 Å². The van der Waals surface area contributed by atoms with Gasteiger partial charge in [0.25, 0.3) is 0 Å². The third kappa shape index (κ3) is 4.01. The summed E-state index contributed by atoms with van der Waals surface area (Å²) < 4.78 is 2.32. The van der Waals surface area contributed by atoms with Gasteiger partial charge in [0.05, 0.1) is 0 Å². The number of nitrogens with zero attached hydrogens (tertiary/aromatic N) is 1. The molecule has 2 heteroatoms. The van der Waals surface area contributed by atoms with Crippen LogP contribution in [-0.2, 0) is 6.54 Å². The molecule has 1 unspecified atom stereocenters. The first kappa shape index (κ1) is 13.3. The maximum atomic E-state index is 3.34. The van der Waals surface area contributed by atoms with Crippen molar-refractivity contribution in [1.29, 1.82) is 0 Å². The van der Waals surface area contributed by atoms with Gasteiger partial charge in [-0.15, -0.1) is 0 Å². The van der Waals surface area contributed by atoms with Gasteiger partial charge in [-0.05, 0) is 43.9 Å². The molecule has 2 nitrogen and oxygen atoms in total. The van der Waals surface area contributed by atoms with Gasteiger partial charge in [-0.3, -0.25) is 0 Å². The molecule has 1 rings (SSSR count). The van der Waals surface area contributed by atoms with Crippen molar-refractivity contribution in [3.05, 3.63) is 24.0 Å². The van der Waals surface area contributed by atoms with E-state index in [-0.39, 0.29) is 0 Å². The lowest BCUT2D eigenvalue weighted by molar-refractivity contribution is 0.511. The second-order valence-corrected chi connectivity index (χ2v) is 4.97. The summed E-state index contributed by atoms with van der Waals surface area (Å²) in [6.07, 6.45) is 8.23. The highest BCUT2D eigenvalue weighted by atomic mass is 14.9. The molecule has 1 aromatic heterocycles. The Morgan fingerprint density at radius 2 is 2.12 bits per heavy atom. The smallest absolute Gasteiger partial charge is 0.0329 e. The van der Waals surface area contributed by atoms with Crippen LogP contribution in [0.25, 0.3) is 0 Å². The Morgan fingerprint density at radius 1 is 1.38 bits per heavy atom. The van der Waals surface area contributed by atoms with Gasteiger partial charge in [0.2, 0.25) is 0 Å². The number of hydrogen-bond acceptors (Lipinski definition) is 1. The Balaban J connectivity index is 2.44. The number of hydrogen-bond donors (Lipinski definition) is 1. The van der Waals surface area contributed by atoms with E-state index in [1.165, 1.54) is 18.4 Å². The van der Waals surface area contributed by atoms with Crippen LogP contribution in [0.3, 0.4) is 0 Å². The normalized spacial score (nSPS) is 13.3. The first-order chi connectivity index (χ1) is 7.67. The summed E-state index contributed by atoms with van der Waals surface area (Å²) in [6.45, 7) is 7.94. The third-order valence-electron chi connectivity index (χ3n) is 3.13. The van der Waals surface area contributed by atoms with Crippen LogP contribution >= 0.6 is 0 Å². The van der Waals surface area contributed by atoms with Crippen LogP contribution in [0.4, 0.5) is 0 Å². The van der Waals surface area contributed by atoms with Gasteiger partial charge in [-0.1, -0.05) is 20.8 Å². The summed E-state index contributed by atoms with van der Waals surface area (Å²) in [5.41, 5.74) is 1.41. The van der Waals surface area contributed by atoms with Gasteiger partial charge in [-0.2, -0.15) is 0 Å². The lowest BCUT2D eigenvalue weighted by atomic mass is 10.1. The van der Waals surface area contributed by atoms with Gasteiger partial charge in [0.15, 0.2) is 0 Å². The Kier molecular flexibility index (Phi) is 5.61. The molecule has 1 heterocycles. The molecule has 0 amide bonds. The summed E-state index contributed by atoms with van der Waals surface area (Å²) in [5.74, 6) is 0.815. The average molecular weight is 222 g/mol. The highest BCUT2D eigenvalue weighted by molar-refractivity contribution is 5.15. The van der Waals surface area contributed by atoms with Crippen LogP contribution < -0.4 is 5.32 Å². The molecular weight excluding hydrogens is 196 g/mol. The minimum atomic E-state index is 0.506. The molecule has 0 fully saturated rings. The van der Waals surface area contributed by atoms with Crippen molar-refractivity contribution in [3.63, 3.8) is 0 Å². The quantitative estimate of drug-likeness (QED) is 0.746. The average Bonchev–Trinajstić information content (AvgIpc) is 2.68. The Bertz CT molecular complexity index is 285. The zero-order valence-electron chi connectivity index (χ0n) is 11.2. The Morgan fingerprint density at radius 3 is 2.69 bits per heavy atom. The molecule has 0 radical (unpaired) electrons. The van der Waals surface area contributed by atoms with E-state index in [1.807, 2.05) is 7.05 Å². The molecule has 0 aliphatic heterocycles. The molecular formula is C14H26N2. The molecule has 0 saturated carbocycles. The molecule has 92 valence electrons. The van der Waals surface area contributed by atoms with E-state index in [2.05, 4.69) is 49.1 Å². The van der Waals surface area contributed by atoms with Gasteiger partial charge in [0.1, 0.15) is 0 Å². The predicted molar refractivity (Wildman–Crippen MR) is 70.6 cm³/mol. The molecule has 1 N–H and O–H groups in total. The van der Waals surface area contributed by atoms with Gasteiger partial charge < -0.3 is 9.88 Å². The lowest BCUT2D eigenvalue weighted by Crippen LogP contribution is -2.14. The molecule has 0 aromatic carbocycles. The van der Waals surface area contributed by atoms with Crippen LogP contribution in [0.1, 0.15) is 51.6 Å². The van der Waals surface area contributed by atoms with E-state index in [0.717, 1.165) is 18.9 Å². The SMILES string of the molecule is CCC(NC)c1ccn(CCCC(C)C)c1. The zero-order valence-corrected chi connectivity index (χ0v) is 11.2. The molecule has 0 saturated heterocycles. The molecule has 0 aliphatic carbocycles. The van der Waals surface area contributed by atoms with Gasteiger partial charge >= 0.3 is 0 Å². The van der Waals surface area contributed by atoms with E-state index in [0.29, 0.717) is 6.04 Å². The molecule has 0 aliphatic rings. The second-order valence-electron chi connectivity index (χ2n) is 4.97. The van der Waals surface area contributed by atoms with E-state index >= 15 is 0 Å². The number of nitrogens with one attached hydrogen (secondary N) is 1. The second kappa shape index (κ2) is 6.74. The maximum absolute atomic E-state index is 3.34. The maximum Gasteiger partial charge on any atom is 0.0329 e. The predicted octanol–water partition coefficient (Wildman–Crippen LogP) is 3.59. The fraction of sp³-hybridized carbons (Fsp3) is 0.714. The standard InChI is InChI=1S/C14H26N2/c1-5-14(15-4)13-8-10-16(11-13)9-6-7-12(2)3/h8,10-12,14-15H,5-7,9H2,1-4H3. The van der Waals surface area contributed by atoms with Crippen molar-refractivity contribution in [2.24, 2.45) is 5.92 Å². The Hall–Kier alpha value is -0.760. The fourth-order valence-corrected chi connectivity index (χ4v) is 2.09. The first-order valence-electron chi connectivity index (χ1n) is 6.50. The van der Waals surface area contributed by atoms with E-state index < -0.39 is 0 Å². The molecule has 0 spiro atoms. The minimum absolute atomic E-state index is 0.506. The molecule has 1 atom stereocenters. The van der Waals surface area contributed by atoms with Crippen LogP contribution in [-0.4, -0.2) is 11.6 Å². The number of rotatable bonds is 7. The monoisotopic (exact) mass is 222 g/mol. The van der Waals surface area contributed by atoms with Crippen molar-refractivity contribution < 1.29 is 0 Å².